The van der Waals surface area contributed by atoms with E-state index in [0.717, 1.165) is 20.9 Å². The molecule has 200 valence electrons. The molecular formula is C27H28FN3O5S2. The number of carbonyl (C=O) groups is 1. The van der Waals surface area contributed by atoms with Gasteiger partial charge in [0.15, 0.2) is 5.76 Å². The highest BCUT2D eigenvalue weighted by molar-refractivity contribution is 7.89. The predicted octanol–water partition coefficient (Wildman–Crippen LogP) is 4.09. The molecule has 2 aromatic heterocycles. The number of carbonyl (C=O) groups excluding carboxylic acids is 1. The second-order valence-electron chi connectivity index (χ2n) is 8.87. The van der Waals surface area contributed by atoms with Crippen LogP contribution in [-0.4, -0.2) is 47.6 Å². The van der Waals surface area contributed by atoms with Gasteiger partial charge in [-0.1, -0.05) is 47.6 Å². The fourth-order valence-electron chi connectivity index (χ4n) is 4.09. The van der Waals surface area contributed by atoms with E-state index >= 15 is 0 Å². The number of amides is 1. The van der Waals surface area contributed by atoms with Gasteiger partial charge in [0.25, 0.3) is 5.91 Å². The molecule has 0 saturated carbocycles. The fraction of sp³-hybridized carbons (Fsp3) is 0.259. The topological polar surface area (TPSA) is 113 Å². The van der Waals surface area contributed by atoms with Crippen LogP contribution in [0.1, 0.15) is 32.1 Å². The quantitative estimate of drug-likeness (QED) is 0.287. The molecule has 2 atom stereocenters. The van der Waals surface area contributed by atoms with Crippen LogP contribution in [0.5, 0.6) is 0 Å². The molecule has 1 amide bonds. The summed E-state index contributed by atoms with van der Waals surface area (Å²) in [7, 11) is -4.10. The van der Waals surface area contributed by atoms with Gasteiger partial charge in [0, 0.05) is 23.5 Å². The van der Waals surface area contributed by atoms with Crippen molar-refractivity contribution in [3.8, 4) is 0 Å². The minimum atomic E-state index is -4.10. The zero-order chi connectivity index (χ0) is 27.3. The largest absolute Gasteiger partial charge is 0.390 e. The maximum Gasteiger partial charge on any atom is 0.251 e. The zero-order valence-electron chi connectivity index (χ0n) is 20.9. The average Bonchev–Trinajstić information content (AvgIpc) is 3.57. The van der Waals surface area contributed by atoms with Gasteiger partial charge in [0.05, 0.1) is 18.3 Å². The minimum Gasteiger partial charge on any atom is -0.390 e. The van der Waals surface area contributed by atoms with E-state index in [2.05, 4.69) is 10.5 Å². The number of hydrogen-bond acceptors (Lipinski definition) is 7. The smallest absolute Gasteiger partial charge is 0.251 e. The molecule has 0 unspecified atom stereocenters. The van der Waals surface area contributed by atoms with Crippen molar-refractivity contribution in [1.29, 1.82) is 0 Å². The molecule has 0 aliphatic heterocycles. The number of aliphatic hydroxyl groups excluding tert-OH is 1. The Kier molecular flexibility index (Phi) is 8.72. The summed E-state index contributed by atoms with van der Waals surface area (Å²) < 4.78 is 47.4. The second kappa shape index (κ2) is 12.0. The average molecular weight is 558 g/mol. The van der Waals surface area contributed by atoms with Gasteiger partial charge < -0.3 is 14.9 Å². The first-order valence-electron chi connectivity index (χ1n) is 11.9. The van der Waals surface area contributed by atoms with E-state index in [-0.39, 0.29) is 41.3 Å². The van der Waals surface area contributed by atoms with Gasteiger partial charge in [-0.2, -0.15) is 4.31 Å². The molecule has 0 fully saturated rings. The van der Waals surface area contributed by atoms with Crippen LogP contribution in [0, 0.1) is 19.7 Å². The van der Waals surface area contributed by atoms with Crippen LogP contribution in [0.15, 0.2) is 81.7 Å². The molecule has 0 aliphatic carbocycles. The van der Waals surface area contributed by atoms with Gasteiger partial charge in [-0.05, 0) is 55.0 Å². The maximum absolute atomic E-state index is 14.1. The Labute approximate surface area is 224 Å². The summed E-state index contributed by atoms with van der Waals surface area (Å²) >= 11 is 1.39. The summed E-state index contributed by atoms with van der Waals surface area (Å²) in [5.41, 5.74) is 1.15. The first-order chi connectivity index (χ1) is 18.2. The van der Waals surface area contributed by atoms with Gasteiger partial charge in [-0.15, -0.1) is 11.3 Å². The Morgan fingerprint density at radius 2 is 1.89 bits per heavy atom. The molecule has 4 rings (SSSR count). The molecule has 0 bridgehead atoms. The Hall–Kier alpha value is -3.38. The number of hydrogen-bond donors (Lipinski definition) is 2. The monoisotopic (exact) mass is 557 g/mol. The fourth-order valence-corrected chi connectivity index (χ4v) is 6.40. The first kappa shape index (κ1) is 27.6. The number of aryl methyl sites for hydroxylation is 1. The molecule has 8 nitrogen and oxygen atoms in total. The summed E-state index contributed by atoms with van der Waals surface area (Å²) in [6.45, 7) is 2.70. The number of thiophene rings is 1. The van der Waals surface area contributed by atoms with Crippen molar-refractivity contribution in [2.75, 3.05) is 6.54 Å². The van der Waals surface area contributed by atoms with E-state index in [1.54, 1.807) is 6.07 Å². The third-order valence-electron chi connectivity index (χ3n) is 6.22. The summed E-state index contributed by atoms with van der Waals surface area (Å²) in [4.78, 5) is 13.8. The minimum absolute atomic E-state index is 0.0106. The third-order valence-corrected chi connectivity index (χ3v) is 8.99. The van der Waals surface area contributed by atoms with Gasteiger partial charge in [0.1, 0.15) is 10.7 Å². The van der Waals surface area contributed by atoms with E-state index in [0.29, 0.717) is 0 Å². The van der Waals surface area contributed by atoms with Crippen LogP contribution < -0.4 is 5.32 Å². The highest BCUT2D eigenvalue weighted by Gasteiger charge is 2.33. The molecule has 11 heteroatoms. The standard InChI is InChI=1S/C27H28FN3O5S2/c1-18-22(11-6-12-23(18)28)27(33)30-24(14-20-8-4-3-5-9-20)25(32)17-31(16-21-10-7-13-37-21)38(34,35)26-15-29-36-19(26)2/h3-13,15,24-25,32H,14,16-17H2,1-2H3,(H,30,33)/t24-,25+/m0/s1. The van der Waals surface area contributed by atoms with Crippen molar-refractivity contribution in [2.45, 2.75) is 43.9 Å². The number of rotatable bonds is 11. The molecule has 2 aromatic carbocycles. The molecule has 2 heterocycles. The lowest BCUT2D eigenvalue weighted by atomic mass is 9.99. The van der Waals surface area contributed by atoms with Crippen molar-refractivity contribution in [2.24, 2.45) is 0 Å². The lowest BCUT2D eigenvalue weighted by Gasteiger charge is -2.29. The number of sulfonamides is 1. The molecule has 2 N–H and O–H groups in total. The van der Waals surface area contributed by atoms with E-state index in [1.807, 2.05) is 41.8 Å². The summed E-state index contributed by atoms with van der Waals surface area (Å²) in [5.74, 6) is -0.953. The van der Waals surface area contributed by atoms with Gasteiger partial charge in [-0.25, -0.2) is 12.8 Å². The lowest BCUT2D eigenvalue weighted by Crippen LogP contribution is -2.50. The van der Waals surface area contributed by atoms with Crippen molar-refractivity contribution in [3.63, 3.8) is 0 Å². The van der Waals surface area contributed by atoms with E-state index < -0.39 is 33.9 Å². The number of aliphatic hydroxyl groups is 1. The number of nitrogens with zero attached hydrogens (tertiary/aromatic N) is 2. The van der Waals surface area contributed by atoms with Crippen LogP contribution in [0.3, 0.4) is 0 Å². The first-order valence-corrected chi connectivity index (χ1v) is 14.2. The summed E-state index contributed by atoms with van der Waals surface area (Å²) in [6, 6.07) is 16.2. The highest BCUT2D eigenvalue weighted by atomic mass is 32.2. The summed E-state index contributed by atoms with van der Waals surface area (Å²) in [6.07, 6.45) is 0.0540. The van der Waals surface area contributed by atoms with Crippen molar-refractivity contribution in [1.82, 2.24) is 14.8 Å². The Bertz CT molecular complexity index is 1470. The number of nitrogens with one attached hydrogen (secondary N) is 1. The van der Waals surface area contributed by atoms with Gasteiger partial charge in [0.2, 0.25) is 10.0 Å². The molecule has 0 aliphatic rings. The number of aromatic nitrogens is 1. The van der Waals surface area contributed by atoms with E-state index in [4.69, 9.17) is 4.52 Å². The van der Waals surface area contributed by atoms with Gasteiger partial charge >= 0.3 is 0 Å². The van der Waals surface area contributed by atoms with E-state index in [9.17, 15) is 22.7 Å². The van der Waals surface area contributed by atoms with Crippen molar-refractivity contribution >= 4 is 27.3 Å². The van der Waals surface area contributed by atoms with Crippen LogP contribution in [0.2, 0.25) is 0 Å². The molecular weight excluding hydrogens is 529 g/mol. The van der Waals surface area contributed by atoms with Crippen LogP contribution in [0.25, 0.3) is 0 Å². The maximum atomic E-state index is 14.1. The highest BCUT2D eigenvalue weighted by Crippen LogP contribution is 2.24. The van der Waals surface area contributed by atoms with E-state index in [1.165, 1.54) is 43.4 Å². The molecule has 38 heavy (non-hydrogen) atoms. The SMILES string of the molecule is Cc1oncc1S(=O)(=O)N(Cc1cccs1)C[C@@H](O)[C@H](Cc1ccccc1)NC(=O)c1cccc(F)c1C. The second-order valence-corrected chi connectivity index (χ2v) is 11.8. The summed E-state index contributed by atoms with van der Waals surface area (Å²) in [5, 5.41) is 19.6. The van der Waals surface area contributed by atoms with Gasteiger partial charge in [-0.3, -0.25) is 4.79 Å². The molecule has 0 radical (unpaired) electrons. The molecule has 0 saturated heterocycles. The van der Waals surface area contributed by atoms with Crippen LogP contribution >= 0.6 is 11.3 Å². The molecule has 4 aromatic rings. The number of benzene rings is 2. The predicted molar refractivity (Wildman–Crippen MR) is 142 cm³/mol. The van der Waals surface area contributed by atoms with Crippen LogP contribution in [-0.2, 0) is 23.0 Å². The normalized spacial score (nSPS) is 13.4. The Morgan fingerprint density at radius 3 is 2.55 bits per heavy atom. The van der Waals surface area contributed by atoms with Crippen molar-refractivity contribution in [3.05, 3.63) is 105 Å². The Morgan fingerprint density at radius 1 is 1.13 bits per heavy atom. The Balaban J connectivity index is 1.64. The van der Waals surface area contributed by atoms with Crippen molar-refractivity contribution < 1.29 is 27.2 Å². The third kappa shape index (κ3) is 6.36. The lowest BCUT2D eigenvalue weighted by molar-refractivity contribution is 0.0778. The number of halogens is 1. The van der Waals surface area contributed by atoms with Crippen LogP contribution in [0.4, 0.5) is 4.39 Å². The molecule has 0 spiro atoms. The zero-order valence-corrected chi connectivity index (χ0v) is 22.5.